The molecule has 0 radical (unpaired) electrons. The van der Waals surface area contributed by atoms with E-state index >= 15 is 0 Å². The Hall–Kier alpha value is -2.24. The molecule has 0 bridgehead atoms. The predicted molar refractivity (Wildman–Crippen MR) is 73.1 cm³/mol. The third-order valence-electron chi connectivity index (χ3n) is 3.56. The summed E-state index contributed by atoms with van der Waals surface area (Å²) in [5.74, 6) is -0.377. The van der Waals surface area contributed by atoms with Gasteiger partial charge in [-0.3, -0.25) is 9.78 Å². The van der Waals surface area contributed by atoms with E-state index in [1.54, 1.807) is 30.6 Å². The summed E-state index contributed by atoms with van der Waals surface area (Å²) in [6.07, 6.45) is 2.09. The van der Waals surface area contributed by atoms with E-state index in [0.29, 0.717) is 16.8 Å². The molecule has 2 unspecified atom stereocenters. The minimum atomic E-state index is -1.55. The lowest BCUT2D eigenvalue weighted by molar-refractivity contribution is -0.142. The lowest BCUT2D eigenvalue weighted by atomic mass is 9.79. The number of hydrogen-bond donors (Lipinski definition) is 2. The Morgan fingerprint density at radius 3 is 2.75 bits per heavy atom. The van der Waals surface area contributed by atoms with Gasteiger partial charge in [0.1, 0.15) is 0 Å². The van der Waals surface area contributed by atoms with Crippen LogP contribution in [0.1, 0.15) is 11.1 Å². The van der Waals surface area contributed by atoms with Gasteiger partial charge in [0, 0.05) is 25.1 Å². The number of hydrogen-bond acceptors (Lipinski definition) is 4. The molecule has 1 amide bonds. The molecule has 102 valence electrons. The van der Waals surface area contributed by atoms with Crippen LogP contribution in [0.4, 0.5) is 5.69 Å². The summed E-state index contributed by atoms with van der Waals surface area (Å²) in [7, 11) is 1.40. The first-order valence-corrected chi connectivity index (χ1v) is 6.24. The number of benzene rings is 1. The first kappa shape index (κ1) is 12.8. The van der Waals surface area contributed by atoms with Gasteiger partial charge in [-0.2, -0.15) is 0 Å². The fourth-order valence-corrected chi connectivity index (χ4v) is 2.61. The largest absolute Gasteiger partial charge is 0.377 e. The number of methoxy groups -OCH3 is 1. The number of amides is 1. The number of carbonyl (C=O) groups is 1. The molecule has 1 aromatic carbocycles. The van der Waals surface area contributed by atoms with Gasteiger partial charge in [0.05, 0.1) is 5.69 Å². The minimum absolute atomic E-state index is 0.377. The van der Waals surface area contributed by atoms with Gasteiger partial charge in [-0.15, -0.1) is 0 Å². The number of aromatic nitrogens is 1. The normalized spacial score (nSPS) is 24.9. The number of pyridine rings is 1. The van der Waals surface area contributed by atoms with E-state index in [1.807, 2.05) is 18.2 Å². The molecule has 5 heteroatoms. The number of carbonyl (C=O) groups excluding carboxylic acids is 1. The smallest absolute Gasteiger partial charge is 0.257 e. The standard InChI is InChI=1S/C15H14N2O3/c1-20-13-14(18)17-12-7-8-16-9-11(12)15(13,19)10-5-3-2-4-6-10/h2-9,13,19H,1H3,(H,17,18). The number of nitrogens with zero attached hydrogens (tertiary/aromatic N) is 1. The molecular formula is C15H14N2O3. The predicted octanol–water partition coefficient (Wildman–Crippen LogP) is 1.28. The van der Waals surface area contributed by atoms with E-state index in [4.69, 9.17) is 4.74 Å². The van der Waals surface area contributed by atoms with Gasteiger partial charge in [0.25, 0.3) is 5.91 Å². The second-order valence-corrected chi connectivity index (χ2v) is 4.66. The number of nitrogens with one attached hydrogen (secondary N) is 1. The number of rotatable bonds is 2. The minimum Gasteiger partial charge on any atom is -0.377 e. The van der Waals surface area contributed by atoms with Crippen LogP contribution in [0.25, 0.3) is 0 Å². The molecule has 0 fully saturated rings. The fourth-order valence-electron chi connectivity index (χ4n) is 2.61. The molecule has 0 aliphatic carbocycles. The first-order chi connectivity index (χ1) is 9.67. The highest BCUT2D eigenvalue weighted by molar-refractivity contribution is 5.99. The Labute approximate surface area is 116 Å². The summed E-state index contributed by atoms with van der Waals surface area (Å²) in [5, 5.41) is 13.9. The van der Waals surface area contributed by atoms with Crippen LogP contribution in [0.5, 0.6) is 0 Å². The molecule has 2 heterocycles. The Kier molecular flexibility index (Phi) is 3.00. The van der Waals surface area contributed by atoms with Gasteiger partial charge in [0.15, 0.2) is 11.7 Å². The van der Waals surface area contributed by atoms with Crippen molar-refractivity contribution in [2.45, 2.75) is 11.7 Å². The lowest BCUT2D eigenvalue weighted by Crippen LogP contribution is -2.52. The van der Waals surface area contributed by atoms with Gasteiger partial charge < -0.3 is 15.2 Å². The van der Waals surface area contributed by atoms with E-state index in [1.165, 1.54) is 7.11 Å². The molecule has 0 saturated carbocycles. The molecular weight excluding hydrogens is 256 g/mol. The van der Waals surface area contributed by atoms with Gasteiger partial charge >= 0.3 is 0 Å². The third kappa shape index (κ3) is 1.71. The molecule has 2 atom stereocenters. The highest BCUT2D eigenvalue weighted by atomic mass is 16.5. The number of aliphatic hydroxyl groups is 1. The van der Waals surface area contributed by atoms with Crippen LogP contribution in [0.3, 0.4) is 0 Å². The van der Waals surface area contributed by atoms with Crippen LogP contribution in [-0.2, 0) is 15.1 Å². The van der Waals surface area contributed by atoms with Crippen LogP contribution < -0.4 is 5.32 Å². The van der Waals surface area contributed by atoms with Gasteiger partial charge in [-0.1, -0.05) is 30.3 Å². The molecule has 2 N–H and O–H groups in total. The van der Waals surface area contributed by atoms with Crippen molar-refractivity contribution in [1.82, 2.24) is 4.98 Å². The van der Waals surface area contributed by atoms with Crippen molar-refractivity contribution in [3.63, 3.8) is 0 Å². The van der Waals surface area contributed by atoms with Crippen molar-refractivity contribution in [2.24, 2.45) is 0 Å². The van der Waals surface area contributed by atoms with Crippen molar-refractivity contribution in [2.75, 3.05) is 12.4 Å². The summed E-state index contributed by atoms with van der Waals surface area (Å²) >= 11 is 0. The van der Waals surface area contributed by atoms with Gasteiger partial charge in [0.2, 0.25) is 0 Å². The van der Waals surface area contributed by atoms with Crippen molar-refractivity contribution in [3.8, 4) is 0 Å². The highest BCUT2D eigenvalue weighted by Gasteiger charge is 2.49. The molecule has 3 rings (SSSR count). The maximum Gasteiger partial charge on any atom is 0.257 e. The SMILES string of the molecule is COC1C(=O)Nc2ccncc2C1(O)c1ccccc1. The Morgan fingerprint density at radius 2 is 2.05 bits per heavy atom. The Balaban J connectivity index is 2.26. The Morgan fingerprint density at radius 1 is 1.30 bits per heavy atom. The molecule has 0 spiro atoms. The molecule has 1 aliphatic heterocycles. The second-order valence-electron chi connectivity index (χ2n) is 4.66. The average molecular weight is 270 g/mol. The van der Waals surface area contributed by atoms with Crippen LogP contribution in [-0.4, -0.2) is 29.2 Å². The maximum atomic E-state index is 12.2. The maximum absolute atomic E-state index is 12.2. The van der Waals surface area contributed by atoms with E-state index in [-0.39, 0.29) is 5.91 Å². The quantitative estimate of drug-likeness (QED) is 0.862. The lowest BCUT2D eigenvalue weighted by Gasteiger charge is -2.39. The van der Waals surface area contributed by atoms with Gasteiger partial charge in [-0.05, 0) is 11.6 Å². The van der Waals surface area contributed by atoms with Crippen molar-refractivity contribution < 1.29 is 14.6 Å². The monoisotopic (exact) mass is 270 g/mol. The van der Waals surface area contributed by atoms with Crippen LogP contribution >= 0.6 is 0 Å². The zero-order valence-electron chi connectivity index (χ0n) is 10.9. The zero-order chi connectivity index (χ0) is 14.2. The molecule has 0 saturated heterocycles. The van der Waals surface area contributed by atoms with Crippen molar-refractivity contribution >= 4 is 11.6 Å². The third-order valence-corrected chi connectivity index (χ3v) is 3.56. The first-order valence-electron chi connectivity index (χ1n) is 6.24. The van der Waals surface area contributed by atoms with Crippen LogP contribution in [0.15, 0.2) is 48.8 Å². The van der Waals surface area contributed by atoms with E-state index in [2.05, 4.69) is 10.3 Å². The topological polar surface area (TPSA) is 71.5 Å². The summed E-state index contributed by atoms with van der Waals surface area (Å²) < 4.78 is 5.24. The molecule has 1 aliphatic rings. The number of anilines is 1. The summed E-state index contributed by atoms with van der Waals surface area (Å²) in [5.41, 5.74) is 0.111. The summed E-state index contributed by atoms with van der Waals surface area (Å²) in [6, 6.07) is 10.7. The molecule has 5 nitrogen and oxygen atoms in total. The molecule has 1 aromatic heterocycles. The summed E-state index contributed by atoms with van der Waals surface area (Å²) in [6.45, 7) is 0. The molecule has 20 heavy (non-hydrogen) atoms. The number of fused-ring (bicyclic) bond motifs is 1. The van der Waals surface area contributed by atoms with Gasteiger partial charge in [-0.25, -0.2) is 0 Å². The van der Waals surface area contributed by atoms with Crippen molar-refractivity contribution in [3.05, 3.63) is 59.9 Å². The van der Waals surface area contributed by atoms with E-state index < -0.39 is 11.7 Å². The van der Waals surface area contributed by atoms with Crippen LogP contribution in [0.2, 0.25) is 0 Å². The van der Waals surface area contributed by atoms with Crippen molar-refractivity contribution in [1.29, 1.82) is 0 Å². The highest BCUT2D eigenvalue weighted by Crippen LogP contribution is 2.41. The van der Waals surface area contributed by atoms with E-state index in [0.717, 1.165) is 0 Å². The van der Waals surface area contributed by atoms with E-state index in [9.17, 15) is 9.90 Å². The Bertz CT molecular complexity index is 645. The number of ether oxygens (including phenoxy) is 1. The van der Waals surface area contributed by atoms with Crippen LogP contribution in [0, 0.1) is 0 Å². The average Bonchev–Trinajstić information content (AvgIpc) is 2.48. The second kappa shape index (κ2) is 4.70. The summed E-state index contributed by atoms with van der Waals surface area (Å²) in [4.78, 5) is 16.2. The zero-order valence-corrected chi connectivity index (χ0v) is 10.9. The molecule has 2 aromatic rings. The fraction of sp³-hybridized carbons (Fsp3) is 0.200.